The van der Waals surface area contributed by atoms with Gasteiger partial charge in [-0.15, -0.1) is 0 Å². The van der Waals surface area contributed by atoms with Gasteiger partial charge in [0.1, 0.15) is 0 Å². The maximum absolute atomic E-state index is 8.72. The van der Waals surface area contributed by atoms with Crippen molar-refractivity contribution in [1.29, 1.82) is 0 Å². The van der Waals surface area contributed by atoms with Crippen LogP contribution in [0.1, 0.15) is 34.1 Å². The van der Waals surface area contributed by atoms with Crippen LogP contribution in [0.2, 0.25) is 0 Å². The fourth-order valence-corrected chi connectivity index (χ4v) is 0.942. The molecule has 0 heterocycles. The van der Waals surface area contributed by atoms with Crippen molar-refractivity contribution in [2.75, 3.05) is 6.61 Å². The van der Waals surface area contributed by atoms with Gasteiger partial charge in [-0.25, -0.2) is 0 Å². The molecule has 0 aliphatic heterocycles. The van der Waals surface area contributed by atoms with Crippen molar-refractivity contribution in [1.82, 2.24) is 0 Å². The second kappa shape index (κ2) is 9.74. The second-order valence-electron chi connectivity index (χ2n) is 3.23. The number of nitrogens with two attached hydrogens (primary N) is 1. The van der Waals surface area contributed by atoms with E-state index in [1.165, 1.54) is 0 Å². The maximum atomic E-state index is 8.72. The Balaban J connectivity index is 0. The number of aliphatic hydroxyl groups is 1. The van der Waals surface area contributed by atoms with E-state index in [1.807, 2.05) is 13.8 Å². The van der Waals surface area contributed by atoms with Crippen LogP contribution in [0.4, 0.5) is 0 Å². The summed E-state index contributed by atoms with van der Waals surface area (Å²) in [5.74, 6) is 0.625. The highest BCUT2D eigenvalue weighted by Gasteiger charge is 1.97. The van der Waals surface area contributed by atoms with Gasteiger partial charge in [0.15, 0.2) is 0 Å². The van der Waals surface area contributed by atoms with Crippen molar-refractivity contribution in [2.45, 2.75) is 40.2 Å². The number of hydrogen-bond donors (Lipinski definition) is 2. The molecule has 1 unspecified atom stereocenters. The Morgan fingerprint density at radius 2 is 1.92 bits per heavy atom. The molecule has 3 N–H and O–H groups in total. The van der Waals surface area contributed by atoms with Crippen LogP contribution >= 0.6 is 12.2 Å². The molecule has 4 heteroatoms. The van der Waals surface area contributed by atoms with Crippen molar-refractivity contribution in [3.63, 3.8) is 0 Å². The molecule has 0 aromatic heterocycles. The molecular formula is C9H21NO2S. The van der Waals surface area contributed by atoms with E-state index in [1.54, 1.807) is 0 Å². The zero-order valence-corrected chi connectivity index (χ0v) is 9.73. The predicted octanol–water partition coefficient (Wildman–Crippen LogP) is 1.68. The first-order chi connectivity index (χ1) is 5.90. The van der Waals surface area contributed by atoms with Gasteiger partial charge in [-0.05, 0) is 38.4 Å². The Morgan fingerprint density at radius 1 is 1.46 bits per heavy atom. The van der Waals surface area contributed by atoms with E-state index < -0.39 is 0 Å². The monoisotopic (exact) mass is 207 g/mol. The van der Waals surface area contributed by atoms with Gasteiger partial charge in [0.2, 0.25) is 0 Å². The van der Waals surface area contributed by atoms with E-state index in [-0.39, 0.29) is 11.3 Å². The molecule has 0 aliphatic rings. The summed E-state index contributed by atoms with van der Waals surface area (Å²) in [5.41, 5.74) is 4.91. The van der Waals surface area contributed by atoms with E-state index in [4.69, 9.17) is 10.8 Å². The van der Waals surface area contributed by atoms with Crippen molar-refractivity contribution >= 4 is 17.4 Å². The molecule has 3 nitrogen and oxygen atoms in total. The van der Waals surface area contributed by atoms with Crippen LogP contribution in [0.5, 0.6) is 0 Å². The summed E-state index contributed by atoms with van der Waals surface area (Å²) in [6.07, 6.45) is 0.792. The van der Waals surface area contributed by atoms with E-state index in [0.717, 1.165) is 6.42 Å². The number of ether oxygens (including phenoxy) is 1. The summed E-state index contributed by atoms with van der Waals surface area (Å²) in [5, 5.41) is 8.85. The first kappa shape index (κ1) is 15.1. The number of hydrogen-bond acceptors (Lipinski definition) is 3. The highest BCUT2D eigenvalue weighted by atomic mass is 32.1. The van der Waals surface area contributed by atoms with Crippen LogP contribution in [0, 0.1) is 5.92 Å². The molecule has 0 fully saturated rings. The van der Waals surface area contributed by atoms with E-state index in [0.29, 0.717) is 12.5 Å². The van der Waals surface area contributed by atoms with Gasteiger partial charge in [0.05, 0.1) is 12.7 Å². The summed E-state index contributed by atoms with van der Waals surface area (Å²) in [4.78, 5) is 0. The van der Waals surface area contributed by atoms with Crippen molar-refractivity contribution in [3.05, 3.63) is 0 Å². The van der Waals surface area contributed by atoms with E-state index in [2.05, 4.69) is 30.8 Å². The highest BCUT2D eigenvalue weighted by Crippen LogP contribution is 2.01. The molecule has 0 bridgehead atoms. The minimum absolute atomic E-state index is 0.123. The average molecular weight is 207 g/mol. The molecular weight excluding hydrogens is 186 g/mol. The molecule has 0 radical (unpaired) electrons. The van der Waals surface area contributed by atoms with Gasteiger partial charge in [-0.2, -0.15) is 0 Å². The third-order valence-electron chi connectivity index (χ3n) is 1.10. The van der Waals surface area contributed by atoms with Crippen molar-refractivity contribution < 1.29 is 9.84 Å². The van der Waals surface area contributed by atoms with Crippen molar-refractivity contribution in [2.24, 2.45) is 11.7 Å². The molecule has 13 heavy (non-hydrogen) atoms. The number of thiocarbonyl (C=S) groups is 1. The van der Waals surface area contributed by atoms with E-state index >= 15 is 0 Å². The summed E-state index contributed by atoms with van der Waals surface area (Å²) < 4.78 is 4.55. The smallest absolute Gasteiger partial charge is 0.253 e. The summed E-state index contributed by atoms with van der Waals surface area (Å²) >= 11 is 4.35. The topological polar surface area (TPSA) is 55.5 Å². The lowest BCUT2D eigenvalue weighted by atomic mass is 10.1. The van der Waals surface area contributed by atoms with E-state index in [9.17, 15) is 0 Å². The van der Waals surface area contributed by atoms with Crippen LogP contribution in [-0.2, 0) is 4.74 Å². The normalized spacial score (nSPS) is 11.5. The average Bonchev–Trinajstić information content (AvgIpc) is 1.83. The standard InChI is InChI=1S/C6H14O.C3H7NOS/c1-5(2)4-6(3)7;1-2-5-3(4)6/h5-7H,4H2,1-3H3;2H2,1H3,(H2,4,6). The molecule has 0 rings (SSSR count). The van der Waals surface area contributed by atoms with Gasteiger partial charge in [-0.3, -0.25) is 0 Å². The third kappa shape index (κ3) is 24.5. The summed E-state index contributed by atoms with van der Waals surface area (Å²) in [6, 6.07) is 0. The van der Waals surface area contributed by atoms with Crippen LogP contribution in [0.25, 0.3) is 0 Å². The Hall–Kier alpha value is -0.350. The Labute approximate surface area is 86.3 Å². The third-order valence-corrected chi connectivity index (χ3v) is 1.22. The van der Waals surface area contributed by atoms with Crippen LogP contribution in [-0.4, -0.2) is 23.0 Å². The molecule has 0 aromatic carbocycles. The Kier molecular flexibility index (Phi) is 11.3. The number of aliphatic hydroxyl groups excluding tert-OH is 1. The SMILES string of the molecule is CC(C)CC(C)O.CCOC(N)=S. The zero-order valence-electron chi connectivity index (χ0n) is 8.91. The predicted molar refractivity (Wildman–Crippen MR) is 59.5 cm³/mol. The Morgan fingerprint density at radius 3 is 1.92 bits per heavy atom. The van der Waals surface area contributed by atoms with Gasteiger partial charge in [0, 0.05) is 0 Å². The molecule has 0 spiro atoms. The fourth-order valence-electron chi connectivity index (χ4n) is 0.824. The Bertz CT molecular complexity index is 121. The quantitative estimate of drug-likeness (QED) is 0.691. The second-order valence-corrected chi connectivity index (χ2v) is 3.63. The minimum Gasteiger partial charge on any atom is -0.472 e. The first-order valence-corrected chi connectivity index (χ1v) is 4.91. The fraction of sp³-hybridized carbons (Fsp3) is 0.889. The maximum Gasteiger partial charge on any atom is 0.253 e. The van der Waals surface area contributed by atoms with Crippen LogP contribution < -0.4 is 5.73 Å². The molecule has 0 saturated heterocycles. The van der Waals surface area contributed by atoms with Crippen LogP contribution in [0.3, 0.4) is 0 Å². The largest absolute Gasteiger partial charge is 0.472 e. The van der Waals surface area contributed by atoms with Gasteiger partial charge >= 0.3 is 0 Å². The lowest BCUT2D eigenvalue weighted by molar-refractivity contribution is 0.168. The summed E-state index contributed by atoms with van der Waals surface area (Å²) in [7, 11) is 0. The van der Waals surface area contributed by atoms with Gasteiger partial charge in [-0.1, -0.05) is 13.8 Å². The lowest BCUT2D eigenvalue weighted by Crippen LogP contribution is -2.11. The first-order valence-electron chi connectivity index (χ1n) is 4.50. The molecule has 0 amide bonds. The highest BCUT2D eigenvalue weighted by molar-refractivity contribution is 7.80. The summed E-state index contributed by atoms with van der Waals surface area (Å²) in [6.45, 7) is 8.42. The zero-order chi connectivity index (χ0) is 10.9. The molecule has 0 saturated carbocycles. The molecule has 0 aromatic rings. The number of rotatable bonds is 3. The van der Waals surface area contributed by atoms with Gasteiger partial charge in [0.25, 0.3) is 5.17 Å². The van der Waals surface area contributed by atoms with Crippen LogP contribution in [0.15, 0.2) is 0 Å². The molecule has 80 valence electrons. The lowest BCUT2D eigenvalue weighted by Gasteiger charge is -2.04. The van der Waals surface area contributed by atoms with Crippen molar-refractivity contribution in [3.8, 4) is 0 Å². The van der Waals surface area contributed by atoms with Gasteiger partial charge < -0.3 is 15.6 Å². The minimum atomic E-state index is -0.125. The molecule has 0 aliphatic carbocycles. The molecule has 1 atom stereocenters.